The highest BCUT2D eigenvalue weighted by molar-refractivity contribution is 6.12. The van der Waals surface area contributed by atoms with Crippen molar-refractivity contribution >= 4 is 29.7 Å². The molecule has 5 amide bonds. The van der Waals surface area contributed by atoms with E-state index in [1.807, 2.05) is 12.1 Å². The molecule has 5 rings (SSSR count). The fourth-order valence-corrected chi connectivity index (χ4v) is 6.81. The second-order valence-electron chi connectivity index (χ2n) is 15.6. The van der Waals surface area contributed by atoms with Gasteiger partial charge in [-0.25, -0.2) is 22.9 Å². The molecule has 4 unspecified atom stereocenters. The average Bonchev–Trinajstić information content (AvgIpc) is 3.80. The number of benzene rings is 2. The molecule has 1 saturated heterocycles. The number of imide groups is 1. The van der Waals surface area contributed by atoms with Crippen molar-refractivity contribution in [2.45, 2.75) is 72.0 Å². The fraction of sp³-hybridized carbons (Fsp3) is 0.450. The second-order valence-corrected chi connectivity index (χ2v) is 15.6. The third-order valence-electron chi connectivity index (χ3n) is 9.64. The number of likely N-dealkylation sites (tertiary alicyclic amines) is 1. The van der Waals surface area contributed by atoms with Gasteiger partial charge in [-0.3, -0.25) is 24.1 Å². The number of carbonyl (C=O) groups is 5. The lowest BCUT2D eigenvalue weighted by molar-refractivity contribution is -0.150. The normalized spacial score (nSPS) is 18.3. The molecule has 3 aromatic rings. The zero-order chi connectivity index (χ0) is 41.1. The lowest BCUT2D eigenvalue weighted by atomic mass is 9.80. The Labute approximate surface area is 323 Å². The molecule has 16 heteroatoms. The van der Waals surface area contributed by atoms with Gasteiger partial charge in [-0.15, -0.1) is 0 Å². The van der Waals surface area contributed by atoms with E-state index >= 15 is 8.78 Å². The quantitative estimate of drug-likeness (QED) is 0.242. The molecule has 0 saturated carbocycles. The van der Waals surface area contributed by atoms with Gasteiger partial charge in [-0.2, -0.15) is 0 Å². The molecule has 2 aliphatic rings. The number of alkyl halides is 1. The van der Waals surface area contributed by atoms with Gasteiger partial charge in [0.15, 0.2) is 0 Å². The lowest BCUT2D eigenvalue weighted by Gasteiger charge is -2.42. The van der Waals surface area contributed by atoms with Crippen LogP contribution in [0.2, 0.25) is 0 Å². The first kappa shape index (κ1) is 41.6. The zero-order valence-corrected chi connectivity index (χ0v) is 32.2. The van der Waals surface area contributed by atoms with Crippen LogP contribution < -0.4 is 5.32 Å². The van der Waals surface area contributed by atoms with Crippen LogP contribution in [0, 0.1) is 23.0 Å². The molecular weight excluding hydrogens is 733 g/mol. The average molecular weight is 781 g/mol. The number of aliphatic hydroxyl groups is 1. The van der Waals surface area contributed by atoms with Crippen LogP contribution in [0.5, 0.6) is 0 Å². The summed E-state index contributed by atoms with van der Waals surface area (Å²) in [7, 11) is 0. The number of hydrogen-bond donors (Lipinski definition) is 2. The molecular formula is C40H47F3N6O7. The van der Waals surface area contributed by atoms with E-state index in [1.165, 1.54) is 31.9 Å². The Morgan fingerprint density at radius 2 is 1.68 bits per heavy atom. The minimum absolute atomic E-state index is 0.0215. The molecule has 0 bridgehead atoms. The van der Waals surface area contributed by atoms with Crippen LogP contribution in [0.25, 0.3) is 11.3 Å². The first-order valence-corrected chi connectivity index (χ1v) is 18.3. The van der Waals surface area contributed by atoms with Crippen molar-refractivity contribution in [1.29, 1.82) is 0 Å². The lowest BCUT2D eigenvalue weighted by Crippen LogP contribution is -2.54. The number of carbonyl (C=O) groups excluding carboxylic acids is 5. The summed E-state index contributed by atoms with van der Waals surface area (Å²) in [6.45, 7) is 8.08. The number of aromatic nitrogens is 2. The Morgan fingerprint density at radius 1 is 1.02 bits per heavy atom. The highest BCUT2D eigenvalue weighted by Crippen LogP contribution is 2.42. The molecule has 0 radical (unpaired) electrons. The van der Waals surface area contributed by atoms with Gasteiger partial charge in [0.05, 0.1) is 17.7 Å². The Morgan fingerprint density at radius 3 is 2.30 bits per heavy atom. The molecule has 1 fully saturated rings. The summed E-state index contributed by atoms with van der Waals surface area (Å²) in [5.74, 6) is -5.19. The van der Waals surface area contributed by atoms with E-state index in [9.17, 15) is 33.5 Å². The standard InChI is InChI=1S/C40H47F3N6O7/c1-24(50)36(53)49(21-26-20-47(22-30(26)43)38(55)56-39(2,3)4)34(40(5,6)37(54)44-16-17-48-32(51)14-15-33(48)52)35-45-31(28-18-27(41)12-13-29(28)42)23-46(35)19-25-10-8-7-9-11-25/h7-15,18,23-24,26,30,34,50H,16-17,19-22H2,1-6H3,(H,44,54). The zero-order valence-electron chi connectivity index (χ0n) is 32.2. The molecule has 2 aliphatic heterocycles. The summed E-state index contributed by atoms with van der Waals surface area (Å²) in [5.41, 5.74) is -2.04. The van der Waals surface area contributed by atoms with E-state index in [0.29, 0.717) is 0 Å². The molecule has 2 aromatic carbocycles. The van der Waals surface area contributed by atoms with Crippen LogP contribution in [0.15, 0.2) is 66.9 Å². The molecule has 2 N–H and O–H groups in total. The molecule has 3 heterocycles. The maximum absolute atomic E-state index is 15.9. The van der Waals surface area contributed by atoms with Crippen LogP contribution in [-0.2, 0) is 30.5 Å². The van der Waals surface area contributed by atoms with E-state index in [1.54, 1.807) is 43.5 Å². The molecule has 0 spiro atoms. The number of hydrogen-bond acceptors (Lipinski definition) is 8. The van der Waals surface area contributed by atoms with Crippen molar-refractivity contribution in [1.82, 2.24) is 29.6 Å². The van der Waals surface area contributed by atoms with Crippen LogP contribution in [-0.4, -0.2) is 110 Å². The second kappa shape index (κ2) is 16.7. The number of nitrogens with zero attached hydrogens (tertiary/aromatic N) is 5. The number of imidazole rings is 1. The van der Waals surface area contributed by atoms with Crippen LogP contribution in [0.3, 0.4) is 0 Å². The first-order valence-electron chi connectivity index (χ1n) is 18.3. The number of ether oxygens (including phenoxy) is 1. The first-order chi connectivity index (χ1) is 26.3. The van der Waals surface area contributed by atoms with Crippen LogP contribution in [0.4, 0.5) is 18.0 Å². The topological polar surface area (TPSA) is 154 Å². The molecule has 1 aromatic heterocycles. The Balaban J connectivity index is 1.62. The van der Waals surface area contributed by atoms with E-state index in [2.05, 4.69) is 5.32 Å². The monoisotopic (exact) mass is 780 g/mol. The van der Waals surface area contributed by atoms with E-state index in [-0.39, 0.29) is 49.8 Å². The van der Waals surface area contributed by atoms with E-state index in [4.69, 9.17) is 9.72 Å². The summed E-state index contributed by atoms with van der Waals surface area (Å²) in [6, 6.07) is 10.5. The van der Waals surface area contributed by atoms with Gasteiger partial charge in [0.2, 0.25) is 5.91 Å². The predicted octanol–water partition coefficient (Wildman–Crippen LogP) is 4.40. The van der Waals surface area contributed by atoms with Crippen LogP contribution in [0.1, 0.15) is 59.0 Å². The minimum atomic E-state index is -1.69. The van der Waals surface area contributed by atoms with Crippen molar-refractivity contribution in [2.24, 2.45) is 11.3 Å². The number of halogens is 3. The van der Waals surface area contributed by atoms with Crippen molar-refractivity contribution in [2.75, 3.05) is 32.7 Å². The molecule has 13 nitrogen and oxygen atoms in total. The Kier molecular flexibility index (Phi) is 12.4. The summed E-state index contributed by atoms with van der Waals surface area (Å²) >= 11 is 0. The third kappa shape index (κ3) is 9.46. The van der Waals surface area contributed by atoms with Crippen molar-refractivity contribution in [3.05, 3.63) is 89.9 Å². The Hall–Kier alpha value is -5.51. The number of rotatable bonds is 13. The summed E-state index contributed by atoms with van der Waals surface area (Å²) in [5, 5.41) is 13.5. The number of aliphatic hydroxyl groups excluding tert-OH is 1. The Bertz CT molecular complexity index is 1980. The van der Waals surface area contributed by atoms with Crippen molar-refractivity contribution in [3.63, 3.8) is 0 Å². The van der Waals surface area contributed by atoms with Gasteiger partial charge < -0.3 is 29.5 Å². The van der Waals surface area contributed by atoms with Crippen molar-refractivity contribution in [3.8, 4) is 11.3 Å². The summed E-state index contributed by atoms with van der Waals surface area (Å²) < 4.78 is 52.8. The molecule has 56 heavy (non-hydrogen) atoms. The summed E-state index contributed by atoms with van der Waals surface area (Å²) in [6.07, 6.45) is -0.371. The van der Waals surface area contributed by atoms with Gasteiger partial charge >= 0.3 is 6.09 Å². The molecule has 4 atom stereocenters. The highest BCUT2D eigenvalue weighted by Gasteiger charge is 2.49. The van der Waals surface area contributed by atoms with Crippen molar-refractivity contribution < 1.29 is 47.0 Å². The SMILES string of the molecule is CC(O)C(=O)N(CC1CN(C(=O)OC(C)(C)C)CC1F)C(c1nc(-c2cc(F)ccc2F)cn1Cc1ccccc1)C(C)(C)C(=O)NCCN1C(=O)C=CC1=O. The van der Waals surface area contributed by atoms with Gasteiger partial charge in [0.1, 0.15) is 41.4 Å². The van der Waals surface area contributed by atoms with Crippen LogP contribution >= 0.6 is 0 Å². The van der Waals surface area contributed by atoms with Gasteiger partial charge in [0.25, 0.3) is 17.7 Å². The van der Waals surface area contributed by atoms with Gasteiger partial charge in [0, 0.05) is 62.6 Å². The maximum Gasteiger partial charge on any atom is 0.410 e. The van der Waals surface area contributed by atoms with E-state index < -0.39 is 83.2 Å². The third-order valence-corrected chi connectivity index (χ3v) is 9.64. The maximum atomic E-state index is 15.9. The van der Waals surface area contributed by atoms with Gasteiger partial charge in [-0.05, 0) is 65.3 Å². The summed E-state index contributed by atoms with van der Waals surface area (Å²) in [4.78, 5) is 73.9. The molecule has 300 valence electrons. The fourth-order valence-electron chi connectivity index (χ4n) is 6.81. The largest absolute Gasteiger partial charge is 0.444 e. The predicted molar refractivity (Wildman–Crippen MR) is 198 cm³/mol. The highest BCUT2D eigenvalue weighted by atomic mass is 19.1. The smallest absolute Gasteiger partial charge is 0.410 e. The van der Waals surface area contributed by atoms with E-state index in [0.717, 1.165) is 45.7 Å². The molecule has 0 aliphatic carbocycles. The van der Waals surface area contributed by atoms with Gasteiger partial charge in [-0.1, -0.05) is 30.3 Å². The number of nitrogens with one attached hydrogen (secondary N) is 1. The minimum Gasteiger partial charge on any atom is -0.444 e. The number of amides is 5.